The van der Waals surface area contributed by atoms with Crippen molar-refractivity contribution in [1.82, 2.24) is 16.0 Å². The maximum atomic E-state index is 13.2. The van der Waals surface area contributed by atoms with Crippen molar-refractivity contribution in [3.8, 4) is 5.75 Å². The van der Waals surface area contributed by atoms with Gasteiger partial charge in [-0.15, -0.1) is 24.0 Å². The Balaban J connectivity index is 0.00000625. The first-order valence-electron chi connectivity index (χ1n) is 8.41. The summed E-state index contributed by atoms with van der Waals surface area (Å²) in [5, 5.41) is 8.96. The maximum Gasteiger partial charge on any atom is 0.227 e. The van der Waals surface area contributed by atoms with Gasteiger partial charge in [0.25, 0.3) is 0 Å². The number of nitrogens with zero attached hydrogens (tertiary/aromatic N) is 1. The molecule has 3 N–H and O–H groups in total. The minimum atomic E-state index is -0.561. The number of aliphatic imine (C=N–C) groups is 1. The molecule has 6 nitrogen and oxygen atoms in total. The summed E-state index contributed by atoms with van der Waals surface area (Å²) < 4.78 is 19.0. The van der Waals surface area contributed by atoms with Crippen molar-refractivity contribution in [2.45, 2.75) is 33.3 Å². The molecule has 0 aliphatic carbocycles. The standard InChI is InChI=1S/C18H29FN4O2.HI/c1-6-14(25-15-9-7-8-13(19)10-15)11-22-17(21-5)23-12-18(2,3)16(24)20-4;/h7-10,14H,6,11-12H2,1-5H3,(H,20,24)(H2,21,22,23);1H. The van der Waals surface area contributed by atoms with E-state index < -0.39 is 5.41 Å². The Hall–Kier alpha value is -1.58. The zero-order valence-electron chi connectivity index (χ0n) is 16.1. The maximum absolute atomic E-state index is 13.2. The van der Waals surface area contributed by atoms with E-state index in [0.717, 1.165) is 6.42 Å². The molecular formula is C18H30FIN4O2. The minimum Gasteiger partial charge on any atom is -0.489 e. The van der Waals surface area contributed by atoms with Crippen LogP contribution < -0.4 is 20.7 Å². The molecule has 0 aliphatic heterocycles. The van der Waals surface area contributed by atoms with Gasteiger partial charge in [-0.05, 0) is 32.4 Å². The lowest BCUT2D eigenvalue weighted by Crippen LogP contribution is -2.48. The number of guanidine groups is 1. The fraction of sp³-hybridized carbons (Fsp3) is 0.556. The molecule has 0 fully saturated rings. The molecule has 1 aromatic carbocycles. The van der Waals surface area contributed by atoms with Crippen LogP contribution in [0.1, 0.15) is 27.2 Å². The first-order chi connectivity index (χ1) is 11.8. The van der Waals surface area contributed by atoms with Crippen LogP contribution in [0.4, 0.5) is 4.39 Å². The largest absolute Gasteiger partial charge is 0.489 e. The third-order valence-electron chi connectivity index (χ3n) is 3.81. The van der Waals surface area contributed by atoms with E-state index in [-0.39, 0.29) is 41.8 Å². The Labute approximate surface area is 172 Å². The number of nitrogens with one attached hydrogen (secondary N) is 3. The molecule has 1 amide bonds. The van der Waals surface area contributed by atoms with Gasteiger partial charge in [-0.3, -0.25) is 9.79 Å². The van der Waals surface area contributed by atoms with Crippen LogP contribution in [0.2, 0.25) is 0 Å². The van der Waals surface area contributed by atoms with Crippen LogP contribution in [0.3, 0.4) is 0 Å². The van der Waals surface area contributed by atoms with Gasteiger partial charge in [-0.25, -0.2) is 4.39 Å². The topological polar surface area (TPSA) is 74.8 Å². The number of halogens is 2. The summed E-state index contributed by atoms with van der Waals surface area (Å²) in [4.78, 5) is 16.0. The molecule has 8 heteroatoms. The Morgan fingerprint density at radius 2 is 2.04 bits per heavy atom. The van der Waals surface area contributed by atoms with Crippen LogP contribution in [0.25, 0.3) is 0 Å². The normalized spacial score (nSPS) is 12.6. The molecule has 1 aromatic rings. The lowest BCUT2D eigenvalue weighted by molar-refractivity contribution is -0.128. The van der Waals surface area contributed by atoms with Crippen LogP contribution in [0.5, 0.6) is 5.75 Å². The SMILES string of the molecule is CCC(CNC(=NC)NCC(C)(C)C(=O)NC)Oc1cccc(F)c1.I. The molecule has 0 bridgehead atoms. The van der Waals surface area contributed by atoms with Gasteiger partial charge in [-0.1, -0.05) is 13.0 Å². The molecule has 1 rings (SSSR count). The highest BCUT2D eigenvalue weighted by Crippen LogP contribution is 2.15. The van der Waals surface area contributed by atoms with Crippen molar-refractivity contribution in [1.29, 1.82) is 0 Å². The van der Waals surface area contributed by atoms with E-state index >= 15 is 0 Å². The number of rotatable bonds is 8. The summed E-state index contributed by atoms with van der Waals surface area (Å²) in [6, 6.07) is 6.09. The van der Waals surface area contributed by atoms with Gasteiger partial charge in [0.1, 0.15) is 17.7 Å². The third-order valence-corrected chi connectivity index (χ3v) is 3.81. The number of carbonyl (C=O) groups is 1. The molecule has 0 radical (unpaired) electrons. The van der Waals surface area contributed by atoms with E-state index in [1.165, 1.54) is 12.1 Å². The number of benzene rings is 1. The summed E-state index contributed by atoms with van der Waals surface area (Å²) in [6.07, 6.45) is 0.622. The van der Waals surface area contributed by atoms with Gasteiger partial charge in [0.15, 0.2) is 5.96 Å². The number of carbonyl (C=O) groups excluding carboxylic acids is 1. The molecule has 0 aliphatic rings. The predicted octanol–water partition coefficient (Wildman–Crippen LogP) is 2.54. The summed E-state index contributed by atoms with van der Waals surface area (Å²) in [7, 11) is 3.28. The number of hydrogen-bond donors (Lipinski definition) is 3. The molecular weight excluding hydrogens is 450 g/mol. The van der Waals surface area contributed by atoms with Crippen LogP contribution in [0.15, 0.2) is 29.3 Å². The molecule has 0 saturated heterocycles. The second-order valence-electron chi connectivity index (χ2n) is 6.38. The van der Waals surface area contributed by atoms with Crippen LogP contribution in [0, 0.1) is 11.2 Å². The molecule has 0 saturated carbocycles. The summed E-state index contributed by atoms with van der Waals surface area (Å²) in [5.74, 6) is 0.709. The highest BCUT2D eigenvalue weighted by atomic mass is 127. The summed E-state index contributed by atoms with van der Waals surface area (Å²) in [6.45, 7) is 6.65. The van der Waals surface area contributed by atoms with Gasteiger partial charge in [-0.2, -0.15) is 0 Å². The average Bonchev–Trinajstić information content (AvgIpc) is 2.59. The van der Waals surface area contributed by atoms with Crippen molar-refractivity contribution < 1.29 is 13.9 Å². The van der Waals surface area contributed by atoms with E-state index in [2.05, 4.69) is 20.9 Å². The van der Waals surface area contributed by atoms with Crippen molar-refractivity contribution in [3.05, 3.63) is 30.1 Å². The van der Waals surface area contributed by atoms with Crippen LogP contribution in [-0.2, 0) is 4.79 Å². The van der Waals surface area contributed by atoms with Crippen LogP contribution in [-0.4, -0.2) is 45.2 Å². The van der Waals surface area contributed by atoms with E-state index in [9.17, 15) is 9.18 Å². The number of hydrogen-bond acceptors (Lipinski definition) is 3. The van der Waals surface area contributed by atoms with Crippen LogP contribution >= 0.6 is 24.0 Å². The third kappa shape index (κ3) is 8.20. The van der Waals surface area contributed by atoms with Gasteiger partial charge in [0, 0.05) is 26.7 Å². The molecule has 148 valence electrons. The fourth-order valence-electron chi connectivity index (χ4n) is 2.16. The lowest BCUT2D eigenvalue weighted by atomic mass is 9.92. The highest BCUT2D eigenvalue weighted by Gasteiger charge is 2.26. The second kappa shape index (κ2) is 11.9. The monoisotopic (exact) mass is 480 g/mol. The molecule has 0 aromatic heterocycles. The molecule has 1 atom stereocenters. The molecule has 26 heavy (non-hydrogen) atoms. The van der Waals surface area contributed by atoms with Crippen molar-refractivity contribution in [3.63, 3.8) is 0 Å². The Bertz CT molecular complexity index is 596. The van der Waals surface area contributed by atoms with E-state index in [1.807, 2.05) is 20.8 Å². The van der Waals surface area contributed by atoms with E-state index in [1.54, 1.807) is 26.2 Å². The zero-order valence-corrected chi connectivity index (χ0v) is 18.4. The summed E-state index contributed by atoms with van der Waals surface area (Å²) >= 11 is 0. The number of amides is 1. The fourth-order valence-corrected chi connectivity index (χ4v) is 2.16. The van der Waals surface area contributed by atoms with Gasteiger partial charge >= 0.3 is 0 Å². The van der Waals surface area contributed by atoms with Crippen molar-refractivity contribution in [2.75, 3.05) is 27.2 Å². The van der Waals surface area contributed by atoms with Crippen molar-refractivity contribution in [2.24, 2.45) is 10.4 Å². The predicted molar refractivity (Wildman–Crippen MR) is 114 cm³/mol. The first kappa shape index (κ1) is 24.4. The minimum absolute atomic E-state index is 0. The Morgan fingerprint density at radius 3 is 2.58 bits per heavy atom. The molecule has 1 unspecified atom stereocenters. The van der Waals surface area contributed by atoms with Gasteiger partial charge in [0.05, 0.1) is 12.0 Å². The van der Waals surface area contributed by atoms with Crippen molar-refractivity contribution >= 4 is 35.8 Å². The highest BCUT2D eigenvalue weighted by molar-refractivity contribution is 14.0. The summed E-state index contributed by atoms with van der Waals surface area (Å²) in [5.41, 5.74) is -0.561. The van der Waals surface area contributed by atoms with E-state index in [0.29, 0.717) is 24.8 Å². The zero-order chi connectivity index (χ0) is 18.9. The van der Waals surface area contributed by atoms with Gasteiger partial charge in [0.2, 0.25) is 5.91 Å². The number of ether oxygens (including phenoxy) is 1. The van der Waals surface area contributed by atoms with Gasteiger partial charge < -0.3 is 20.7 Å². The lowest BCUT2D eigenvalue weighted by Gasteiger charge is -2.25. The quantitative estimate of drug-likeness (QED) is 0.304. The molecule has 0 spiro atoms. The van der Waals surface area contributed by atoms with E-state index in [4.69, 9.17) is 4.74 Å². The molecule has 0 heterocycles. The Morgan fingerprint density at radius 1 is 1.35 bits per heavy atom. The average molecular weight is 480 g/mol. The first-order valence-corrected chi connectivity index (χ1v) is 8.41. The Kier molecular flexibility index (Phi) is 11.2. The smallest absolute Gasteiger partial charge is 0.227 e. The second-order valence-corrected chi connectivity index (χ2v) is 6.38.